The van der Waals surface area contributed by atoms with Crippen molar-refractivity contribution >= 4 is 12.3 Å². The highest BCUT2D eigenvalue weighted by molar-refractivity contribution is 5.98. The van der Waals surface area contributed by atoms with Gasteiger partial charge in [0.05, 0.1) is 32.9 Å². The van der Waals surface area contributed by atoms with E-state index in [9.17, 15) is 9.59 Å². The second-order valence-electron chi connectivity index (χ2n) is 7.79. The molecule has 0 fully saturated rings. The lowest BCUT2D eigenvalue weighted by Crippen LogP contribution is -2.37. The second-order valence-corrected chi connectivity index (χ2v) is 7.79. The number of aldehydes is 1. The molecule has 32 heavy (non-hydrogen) atoms. The Hall–Kier alpha value is -3.46. The van der Waals surface area contributed by atoms with Crippen molar-refractivity contribution in [1.82, 2.24) is 4.90 Å². The van der Waals surface area contributed by atoms with Crippen LogP contribution in [0.25, 0.3) is 0 Å². The normalized spacial score (nSPS) is 20.9. The Morgan fingerprint density at radius 1 is 1.06 bits per heavy atom. The third-order valence-electron chi connectivity index (χ3n) is 6.37. The summed E-state index contributed by atoms with van der Waals surface area (Å²) in [5, 5.41) is 0. The third kappa shape index (κ3) is 2.67. The van der Waals surface area contributed by atoms with Crippen molar-refractivity contribution in [2.75, 3.05) is 41.7 Å². The quantitative estimate of drug-likeness (QED) is 0.513. The number of likely N-dealkylation sites (N-methyl/N-ethyl adjacent to an activating group) is 1. The van der Waals surface area contributed by atoms with E-state index < -0.39 is 18.1 Å². The summed E-state index contributed by atoms with van der Waals surface area (Å²) < 4.78 is 33.7. The summed E-state index contributed by atoms with van der Waals surface area (Å²) in [7, 11) is 6.50. The monoisotopic (exact) mass is 441 g/mol. The summed E-state index contributed by atoms with van der Waals surface area (Å²) >= 11 is 0. The average Bonchev–Trinajstić information content (AvgIpc) is 3.41. The van der Waals surface area contributed by atoms with Crippen LogP contribution >= 0.6 is 0 Å². The van der Waals surface area contributed by atoms with Gasteiger partial charge in [0.2, 0.25) is 12.5 Å². The Labute approximate surface area is 184 Å². The second kappa shape index (κ2) is 7.59. The van der Waals surface area contributed by atoms with Crippen LogP contribution in [0.1, 0.15) is 49.6 Å². The highest BCUT2D eigenvalue weighted by atomic mass is 16.7. The number of carbonyl (C=O) groups is 2. The molecule has 0 saturated heterocycles. The molecule has 0 N–H and O–H groups in total. The van der Waals surface area contributed by atoms with Crippen molar-refractivity contribution in [1.29, 1.82) is 0 Å². The Morgan fingerprint density at radius 3 is 2.50 bits per heavy atom. The molecule has 2 aromatic carbocycles. The molecule has 0 spiro atoms. The number of hydrogen-bond acceptors (Lipinski definition) is 9. The topological polar surface area (TPSA) is 92.8 Å². The van der Waals surface area contributed by atoms with Crippen LogP contribution in [0, 0.1) is 0 Å². The summed E-state index contributed by atoms with van der Waals surface area (Å²) in [6.45, 7) is 0.659. The van der Waals surface area contributed by atoms with Gasteiger partial charge in [0, 0.05) is 17.7 Å². The molecule has 0 aliphatic carbocycles. The minimum atomic E-state index is -0.643. The van der Waals surface area contributed by atoms with Gasteiger partial charge in [-0.3, -0.25) is 9.69 Å². The van der Waals surface area contributed by atoms with E-state index >= 15 is 0 Å². The van der Waals surface area contributed by atoms with Gasteiger partial charge in [0.1, 0.15) is 11.7 Å². The van der Waals surface area contributed by atoms with Gasteiger partial charge in [-0.1, -0.05) is 6.07 Å². The van der Waals surface area contributed by atoms with Crippen LogP contribution in [-0.4, -0.2) is 58.9 Å². The lowest BCUT2D eigenvalue weighted by Gasteiger charge is -2.39. The molecule has 9 heteroatoms. The predicted octanol–water partition coefficient (Wildman–Crippen LogP) is 2.69. The standard InChI is InChI=1S/C23H23NO8/c1-24-8-7-11-13(9-25)19-22(31-10-30-19)21(29-4)15(11)17(24)18-12-5-6-14(27-2)20(28-3)16(12)23(26)32-18/h5-6,9,17-18H,7-8,10H2,1-4H3. The lowest BCUT2D eigenvalue weighted by molar-refractivity contribution is 0.00868. The van der Waals surface area contributed by atoms with Gasteiger partial charge in [-0.15, -0.1) is 0 Å². The Morgan fingerprint density at radius 2 is 1.81 bits per heavy atom. The molecule has 3 aliphatic rings. The smallest absolute Gasteiger partial charge is 0.343 e. The van der Waals surface area contributed by atoms with Crippen LogP contribution in [-0.2, 0) is 11.2 Å². The van der Waals surface area contributed by atoms with Crippen molar-refractivity contribution in [3.05, 3.63) is 39.9 Å². The number of ether oxygens (including phenoxy) is 6. The number of methoxy groups -OCH3 is 3. The van der Waals surface area contributed by atoms with Gasteiger partial charge in [0.15, 0.2) is 29.3 Å². The number of cyclic esters (lactones) is 1. The Balaban J connectivity index is 1.73. The van der Waals surface area contributed by atoms with Crippen LogP contribution in [0.15, 0.2) is 12.1 Å². The predicted molar refractivity (Wildman–Crippen MR) is 111 cm³/mol. The van der Waals surface area contributed by atoms with Crippen LogP contribution in [0.4, 0.5) is 0 Å². The third-order valence-corrected chi connectivity index (χ3v) is 6.37. The minimum absolute atomic E-state index is 0.00811. The minimum Gasteiger partial charge on any atom is -0.493 e. The van der Waals surface area contributed by atoms with E-state index in [2.05, 4.69) is 4.90 Å². The number of nitrogens with zero attached hydrogens (tertiary/aromatic N) is 1. The molecule has 2 unspecified atom stereocenters. The fourth-order valence-electron chi connectivity index (χ4n) is 4.99. The molecular formula is C23H23NO8. The van der Waals surface area contributed by atoms with Crippen molar-refractivity contribution < 1.29 is 38.0 Å². The Kier molecular flexibility index (Phi) is 4.85. The van der Waals surface area contributed by atoms with Gasteiger partial charge in [0.25, 0.3) is 0 Å². The molecule has 2 aromatic rings. The summed E-state index contributed by atoms with van der Waals surface area (Å²) in [4.78, 5) is 27.1. The molecule has 0 radical (unpaired) electrons. The lowest BCUT2D eigenvalue weighted by atomic mass is 9.83. The number of esters is 1. The molecule has 0 amide bonds. The Bertz CT molecular complexity index is 1130. The number of fused-ring (bicyclic) bond motifs is 3. The number of carbonyl (C=O) groups excluding carboxylic acids is 2. The maximum Gasteiger partial charge on any atom is 0.343 e. The van der Waals surface area contributed by atoms with E-state index in [0.717, 1.165) is 17.4 Å². The zero-order valence-corrected chi connectivity index (χ0v) is 18.2. The summed E-state index contributed by atoms with van der Waals surface area (Å²) in [5.74, 6) is 1.57. The fourth-order valence-corrected chi connectivity index (χ4v) is 4.99. The van der Waals surface area contributed by atoms with E-state index in [0.29, 0.717) is 58.4 Å². The molecule has 5 rings (SSSR count). The van der Waals surface area contributed by atoms with Gasteiger partial charge in [-0.05, 0) is 25.1 Å². The zero-order chi connectivity index (χ0) is 22.6. The van der Waals surface area contributed by atoms with Crippen molar-refractivity contribution in [2.24, 2.45) is 0 Å². The highest BCUT2D eigenvalue weighted by Crippen LogP contribution is 2.56. The van der Waals surface area contributed by atoms with Gasteiger partial charge in [-0.2, -0.15) is 0 Å². The molecule has 168 valence electrons. The van der Waals surface area contributed by atoms with Crippen LogP contribution in [0.5, 0.6) is 28.7 Å². The molecule has 0 aromatic heterocycles. The molecule has 9 nitrogen and oxygen atoms in total. The first-order valence-electron chi connectivity index (χ1n) is 10.2. The van der Waals surface area contributed by atoms with Crippen molar-refractivity contribution in [3.63, 3.8) is 0 Å². The molecule has 3 aliphatic heterocycles. The van der Waals surface area contributed by atoms with Crippen molar-refractivity contribution in [3.8, 4) is 28.7 Å². The molecule has 3 heterocycles. The number of rotatable bonds is 5. The zero-order valence-electron chi connectivity index (χ0n) is 18.2. The first-order chi connectivity index (χ1) is 15.5. The van der Waals surface area contributed by atoms with E-state index in [1.807, 2.05) is 13.1 Å². The summed E-state index contributed by atoms with van der Waals surface area (Å²) in [6, 6.07) is 3.16. The fraction of sp³-hybridized carbons (Fsp3) is 0.391. The highest BCUT2D eigenvalue weighted by Gasteiger charge is 2.47. The SMILES string of the molecule is COc1ccc2c(c1OC)C(=O)OC2C1c2c(c(C=O)c3c(c2OC)OCO3)CCN1C. The van der Waals surface area contributed by atoms with Gasteiger partial charge < -0.3 is 28.4 Å². The van der Waals surface area contributed by atoms with E-state index in [1.165, 1.54) is 14.2 Å². The average molecular weight is 441 g/mol. The molecule has 0 bridgehead atoms. The molecule has 0 saturated carbocycles. The van der Waals surface area contributed by atoms with E-state index in [1.54, 1.807) is 13.2 Å². The first-order valence-corrected chi connectivity index (χ1v) is 10.2. The molecular weight excluding hydrogens is 418 g/mol. The van der Waals surface area contributed by atoms with Crippen LogP contribution < -0.4 is 23.7 Å². The van der Waals surface area contributed by atoms with E-state index in [4.69, 9.17) is 28.4 Å². The van der Waals surface area contributed by atoms with E-state index in [-0.39, 0.29) is 6.79 Å². The van der Waals surface area contributed by atoms with Crippen LogP contribution in [0.3, 0.4) is 0 Å². The maximum atomic E-state index is 12.9. The summed E-state index contributed by atoms with van der Waals surface area (Å²) in [5.41, 5.74) is 3.04. The molecule has 2 atom stereocenters. The largest absolute Gasteiger partial charge is 0.493 e. The first kappa shape index (κ1) is 20.4. The maximum absolute atomic E-state index is 12.9. The summed E-state index contributed by atoms with van der Waals surface area (Å²) in [6.07, 6.45) is 0.759. The number of benzene rings is 2. The van der Waals surface area contributed by atoms with Crippen LogP contribution in [0.2, 0.25) is 0 Å². The van der Waals surface area contributed by atoms with Crippen molar-refractivity contribution in [2.45, 2.75) is 18.6 Å². The van der Waals surface area contributed by atoms with Gasteiger partial charge in [-0.25, -0.2) is 4.79 Å². The van der Waals surface area contributed by atoms with Gasteiger partial charge >= 0.3 is 5.97 Å². The number of hydrogen-bond donors (Lipinski definition) is 0.